The van der Waals surface area contributed by atoms with Gasteiger partial charge in [-0.15, -0.1) is 24.8 Å². The molecule has 1 unspecified atom stereocenters. The Hall–Kier alpha value is -1.86. The van der Waals surface area contributed by atoms with Crippen LogP contribution in [0.3, 0.4) is 0 Å². The van der Waals surface area contributed by atoms with E-state index in [1.807, 2.05) is 43.4 Å². The molecule has 0 spiro atoms. The normalized spacial score (nSPS) is 15.5. The molecule has 4 rings (SSSR count). The van der Waals surface area contributed by atoms with Crippen LogP contribution >= 0.6 is 24.8 Å². The van der Waals surface area contributed by atoms with Gasteiger partial charge in [-0.05, 0) is 49.2 Å². The highest BCUT2D eigenvalue weighted by atomic mass is 35.5. The van der Waals surface area contributed by atoms with Crippen molar-refractivity contribution >= 4 is 34.8 Å². The van der Waals surface area contributed by atoms with Gasteiger partial charge in [0, 0.05) is 24.1 Å². The molecule has 0 saturated heterocycles. The summed E-state index contributed by atoms with van der Waals surface area (Å²) < 4.78 is 28.2. The van der Waals surface area contributed by atoms with Crippen LogP contribution in [0.4, 0.5) is 0 Å². The number of hydrogen-bond donors (Lipinski definition) is 1. The first-order valence-electron chi connectivity index (χ1n) is 8.25. The average Bonchev–Trinajstić information content (AvgIpc) is 3.22. The van der Waals surface area contributed by atoms with E-state index in [-0.39, 0.29) is 35.8 Å². The summed E-state index contributed by atoms with van der Waals surface area (Å²) in [4.78, 5) is 4.19. The van der Waals surface area contributed by atoms with Crippen LogP contribution < -0.4 is 5.32 Å². The van der Waals surface area contributed by atoms with E-state index in [1.165, 1.54) is 10.2 Å². The minimum atomic E-state index is -3.70. The third kappa shape index (κ3) is 3.62. The van der Waals surface area contributed by atoms with Gasteiger partial charge in [-0.25, -0.2) is 12.4 Å². The Morgan fingerprint density at radius 3 is 2.48 bits per heavy atom. The lowest BCUT2D eigenvalue weighted by molar-refractivity contribution is 0.581. The van der Waals surface area contributed by atoms with E-state index in [9.17, 15) is 8.42 Å². The molecule has 0 saturated carbocycles. The number of halogens is 2. The number of benzene rings is 1. The number of fused-ring (bicyclic) bond motifs is 1. The van der Waals surface area contributed by atoms with Crippen LogP contribution in [-0.2, 0) is 16.4 Å². The van der Waals surface area contributed by atoms with Crippen LogP contribution in [0.5, 0.6) is 0 Å². The molecule has 0 radical (unpaired) electrons. The van der Waals surface area contributed by atoms with Gasteiger partial charge in [-0.3, -0.25) is 4.98 Å². The highest BCUT2D eigenvalue weighted by Gasteiger charge is 2.33. The molecule has 1 aliphatic rings. The zero-order valence-corrected chi connectivity index (χ0v) is 17.2. The van der Waals surface area contributed by atoms with E-state index in [4.69, 9.17) is 0 Å². The van der Waals surface area contributed by atoms with Crippen LogP contribution in [0.1, 0.15) is 23.7 Å². The summed E-state index contributed by atoms with van der Waals surface area (Å²) in [7, 11) is -1.79. The summed E-state index contributed by atoms with van der Waals surface area (Å²) >= 11 is 0. The Kier molecular flexibility index (Phi) is 6.70. The standard InChI is InChI=1S/C19H19N3O2S.2ClH/c1-20-17-9-10-18-16(17)12-19(14-6-3-2-4-7-14)22(18)25(23,24)15-8-5-11-21-13-15;;/h2-8,11-13,17,20H,9-10H2,1H3;2*1H. The second kappa shape index (κ2) is 8.44. The minimum Gasteiger partial charge on any atom is -0.313 e. The molecule has 2 aromatic heterocycles. The first kappa shape index (κ1) is 21.4. The molecule has 1 aliphatic carbocycles. The third-order valence-corrected chi connectivity index (χ3v) is 6.46. The Morgan fingerprint density at radius 1 is 1.11 bits per heavy atom. The summed E-state index contributed by atoms with van der Waals surface area (Å²) in [6.45, 7) is 0. The fourth-order valence-electron chi connectivity index (χ4n) is 3.53. The number of pyridine rings is 1. The summed E-state index contributed by atoms with van der Waals surface area (Å²) in [5.41, 5.74) is 3.52. The van der Waals surface area contributed by atoms with E-state index in [1.54, 1.807) is 18.3 Å². The Morgan fingerprint density at radius 2 is 1.85 bits per heavy atom. The number of rotatable bonds is 4. The predicted octanol–water partition coefficient (Wildman–Crippen LogP) is 3.84. The van der Waals surface area contributed by atoms with Crippen molar-refractivity contribution in [2.45, 2.75) is 23.8 Å². The highest BCUT2D eigenvalue weighted by molar-refractivity contribution is 7.90. The molecular weight excluding hydrogens is 405 g/mol. The molecule has 3 aromatic rings. The van der Waals surface area contributed by atoms with Gasteiger partial charge in [-0.2, -0.15) is 0 Å². The van der Waals surface area contributed by atoms with Gasteiger partial charge in [0.05, 0.1) is 5.69 Å². The maximum Gasteiger partial charge on any atom is 0.269 e. The molecule has 1 N–H and O–H groups in total. The molecule has 0 aliphatic heterocycles. The zero-order chi connectivity index (χ0) is 17.4. The summed E-state index contributed by atoms with van der Waals surface area (Å²) in [5.74, 6) is 0. The quantitative estimate of drug-likeness (QED) is 0.689. The van der Waals surface area contributed by atoms with Crippen molar-refractivity contribution in [2.24, 2.45) is 0 Å². The summed E-state index contributed by atoms with van der Waals surface area (Å²) in [6.07, 6.45) is 4.61. The van der Waals surface area contributed by atoms with Crippen LogP contribution in [-0.4, -0.2) is 24.4 Å². The van der Waals surface area contributed by atoms with Crippen LogP contribution in [0.25, 0.3) is 11.3 Å². The Labute approximate surface area is 171 Å². The first-order valence-corrected chi connectivity index (χ1v) is 9.69. The number of nitrogens with zero attached hydrogens (tertiary/aromatic N) is 2. The second-order valence-electron chi connectivity index (χ2n) is 6.14. The predicted molar refractivity (Wildman–Crippen MR) is 111 cm³/mol. The molecule has 0 fully saturated rings. The van der Waals surface area contributed by atoms with E-state index in [0.717, 1.165) is 29.7 Å². The van der Waals surface area contributed by atoms with Crippen molar-refractivity contribution in [3.63, 3.8) is 0 Å². The number of nitrogens with one attached hydrogen (secondary N) is 1. The smallest absolute Gasteiger partial charge is 0.269 e. The van der Waals surface area contributed by atoms with Gasteiger partial charge < -0.3 is 5.32 Å². The lowest BCUT2D eigenvalue weighted by Gasteiger charge is -2.13. The highest BCUT2D eigenvalue weighted by Crippen LogP contribution is 2.39. The monoisotopic (exact) mass is 425 g/mol. The van der Waals surface area contributed by atoms with Crippen LogP contribution in [0.2, 0.25) is 0 Å². The van der Waals surface area contributed by atoms with E-state index in [0.29, 0.717) is 5.69 Å². The van der Waals surface area contributed by atoms with Crippen molar-refractivity contribution in [2.75, 3.05) is 7.05 Å². The molecule has 1 aromatic carbocycles. The fourth-order valence-corrected chi connectivity index (χ4v) is 5.08. The second-order valence-corrected chi connectivity index (χ2v) is 7.92. The number of hydrogen-bond acceptors (Lipinski definition) is 4. The van der Waals surface area contributed by atoms with Crippen molar-refractivity contribution < 1.29 is 8.42 Å². The maximum atomic E-state index is 13.3. The molecular formula is C19H21Cl2N3O2S. The molecule has 8 heteroatoms. The molecule has 5 nitrogen and oxygen atoms in total. The molecule has 0 bridgehead atoms. The van der Waals surface area contributed by atoms with Gasteiger partial charge in [0.15, 0.2) is 0 Å². The third-order valence-electron chi connectivity index (χ3n) is 4.73. The fraction of sp³-hybridized carbons (Fsp3) is 0.211. The van der Waals surface area contributed by atoms with Crippen molar-refractivity contribution in [1.29, 1.82) is 0 Å². The van der Waals surface area contributed by atoms with E-state index < -0.39 is 10.0 Å². The topological polar surface area (TPSA) is 64.0 Å². The van der Waals surface area contributed by atoms with E-state index >= 15 is 0 Å². The minimum absolute atomic E-state index is 0. The summed E-state index contributed by atoms with van der Waals surface area (Å²) in [6, 6.07) is 15.1. The van der Waals surface area contributed by atoms with Gasteiger partial charge in [0.25, 0.3) is 10.0 Å². The Bertz CT molecular complexity index is 1010. The SMILES string of the molecule is CNC1CCc2c1cc(-c1ccccc1)n2S(=O)(=O)c1cccnc1.Cl.Cl. The van der Waals surface area contributed by atoms with Gasteiger partial charge in [-0.1, -0.05) is 30.3 Å². The average molecular weight is 426 g/mol. The van der Waals surface area contributed by atoms with Crippen LogP contribution in [0, 0.1) is 0 Å². The largest absolute Gasteiger partial charge is 0.313 e. The lowest BCUT2D eigenvalue weighted by atomic mass is 10.1. The maximum absolute atomic E-state index is 13.3. The van der Waals surface area contributed by atoms with Gasteiger partial charge in [0.2, 0.25) is 0 Å². The lowest BCUT2D eigenvalue weighted by Crippen LogP contribution is -2.16. The summed E-state index contributed by atoms with van der Waals surface area (Å²) in [5, 5.41) is 3.28. The first-order chi connectivity index (χ1) is 12.1. The molecule has 1 atom stereocenters. The molecule has 144 valence electrons. The van der Waals surface area contributed by atoms with Gasteiger partial charge in [0.1, 0.15) is 4.90 Å². The molecule has 0 amide bonds. The molecule has 2 heterocycles. The van der Waals surface area contributed by atoms with Crippen molar-refractivity contribution in [3.8, 4) is 11.3 Å². The Balaban J connectivity index is 0.00000131. The zero-order valence-electron chi connectivity index (χ0n) is 14.7. The van der Waals surface area contributed by atoms with Crippen LogP contribution in [0.15, 0.2) is 65.8 Å². The van der Waals surface area contributed by atoms with Crippen molar-refractivity contribution in [3.05, 3.63) is 72.2 Å². The number of aromatic nitrogens is 2. The van der Waals surface area contributed by atoms with Crippen molar-refractivity contribution in [1.82, 2.24) is 14.3 Å². The van der Waals surface area contributed by atoms with E-state index in [2.05, 4.69) is 10.3 Å². The molecule has 27 heavy (non-hydrogen) atoms. The van der Waals surface area contributed by atoms with Gasteiger partial charge >= 0.3 is 0 Å².